The van der Waals surface area contributed by atoms with Crippen LogP contribution in [0.25, 0.3) is 0 Å². The number of hydrogen-bond donors (Lipinski definition) is 2. The molecule has 4 unspecified atom stereocenters. The number of aliphatic carboxylic acids is 2. The minimum atomic E-state index is -0.854. The lowest BCUT2D eigenvalue weighted by Gasteiger charge is -2.43. The van der Waals surface area contributed by atoms with Crippen LogP contribution in [0.5, 0.6) is 0 Å². The molecule has 0 bridgehead atoms. The number of hydrogen-bond acceptors (Lipinski definition) is 2. The number of carboxylic acids is 2. The standard InChI is InChI=1S/C13H20O4/c14-12(15)7-11-9-4-2-1-3-8(9)5-6-10(11)13(16)17/h8-11H,1-7H2,(H,14,15)(H,16,17). The van der Waals surface area contributed by atoms with Crippen molar-refractivity contribution < 1.29 is 19.8 Å². The van der Waals surface area contributed by atoms with E-state index < -0.39 is 17.9 Å². The molecular formula is C13H20O4. The minimum absolute atomic E-state index is 0.0259. The molecule has 0 heterocycles. The van der Waals surface area contributed by atoms with Crippen LogP contribution in [0.15, 0.2) is 0 Å². The second-order valence-electron chi connectivity index (χ2n) is 5.49. The van der Waals surface area contributed by atoms with E-state index in [4.69, 9.17) is 5.11 Å². The molecule has 2 fully saturated rings. The topological polar surface area (TPSA) is 74.6 Å². The highest BCUT2D eigenvalue weighted by molar-refractivity contribution is 5.73. The molecular weight excluding hydrogens is 220 g/mol. The molecule has 96 valence electrons. The second kappa shape index (κ2) is 5.07. The Morgan fingerprint density at radius 3 is 2.35 bits per heavy atom. The molecule has 2 aliphatic rings. The molecule has 2 N–H and O–H groups in total. The first kappa shape index (κ1) is 12.4. The smallest absolute Gasteiger partial charge is 0.306 e. The Balaban J connectivity index is 2.15. The van der Waals surface area contributed by atoms with Gasteiger partial charge < -0.3 is 10.2 Å². The molecule has 0 aromatic heterocycles. The van der Waals surface area contributed by atoms with Crippen molar-refractivity contribution in [2.75, 3.05) is 0 Å². The van der Waals surface area contributed by atoms with Crippen LogP contribution in [-0.2, 0) is 9.59 Å². The summed E-state index contributed by atoms with van der Waals surface area (Å²) < 4.78 is 0. The van der Waals surface area contributed by atoms with Crippen molar-refractivity contribution >= 4 is 11.9 Å². The van der Waals surface area contributed by atoms with Crippen molar-refractivity contribution in [2.45, 2.75) is 44.9 Å². The van der Waals surface area contributed by atoms with Gasteiger partial charge in [0.05, 0.1) is 5.92 Å². The maximum absolute atomic E-state index is 11.2. The van der Waals surface area contributed by atoms with Gasteiger partial charge in [0.15, 0.2) is 0 Å². The third-order valence-corrected chi connectivity index (χ3v) is 4.61. The first-order valence-corrected chi connectivity index (χ1v) is 6.54. The summed E-state index contributed by atoms with van der Waals surface area (Å²) in [4.78, 5) is 22.1. The van der Waals surface area contributed by atoms with Crippen molar-refractivity contribution in [1.82, 2.24) is 0 Å². The fourth-order valence-corrected chi connectivity index (χ4v) is 3.87. The van der Waals surface area contributed by atoms with Crippen molar-refractivity contribution in [3.8, 4) is 0 Å². The van der Waals surface area contributed by atoms with E-state index in [0.29, 0.717) is 18.3 Å². The molecule has 0 aromatic rings. The van der Waals surface area contributed by atoms with E-state index in [-0.39, 0.29) is 12.3 Å². The van der Waals surface area contributed by atoms with Gasteiger partial charge in [-0.05, 0) is 37.0 Å². The molecule has 0 amide bonds. The van der Waals surface area contributed by atoms with Crippen molar-refractivity contribution in [3.05, 3.63) is 0 Å². The summed E-state index contributed by atoms with van der Waals surface area (Å²) in [5.74, 6) is -1.35. The Labute approximate surface area is 101 Å². The Kier molecular flexibility index (Phi) is 3.69. The summed E-state index contributed by atoms with van der Waals surface area (Å²) >= 11 is 0. The van der Waals surface area contributed by atoms with Crippen LogP contribution in [0.3, 0.4) is 0 Å². The molecule has 0 aromatic carbocycles. The number of carboxylic acid groups (broad SMARTS) is 2. The molecule has 2 saturated carbocycles. The van der Waals surface area contributed by atoms with Gasteiger partial charge in [-0.2, -0.15) is 0 Å². The van der Waals surface area contributed by atoms with Crippen molar-refractivity contribution in [1.29, 1.82) is 0 Å². The lowest BCUT2D eigenvalue weighted by atomic mass is 9.60. The zero-order valence-electron chi connectivity index (χ0n) is 9.97. The van der Waals surface area contributed by atoms with E-state index >= 15 is 0 Å². The van der Waals surface area contributed by atoms with Crippen molar-refractivity contribution in [2.24, 2.45) is 23.7 Å². The average molecular weight is 240 g/mol. The quantitative estimate of drug-likeness (QED) is 0.794. The lowest BCUT2D eigenvalue weighted by molar-refractivity contribution is -0.150. The fourth-order valence-electron chi connectivity index (χ4n) is 3.87. The predicted molar refractivity (Wildman–Crippen MR) is 61.6 cm³/mol. The molecule has 4 atom stereocenters. The van der Waals surface area contributed by atoms with Gasteiger partial charge in [0.1, 0.15) is 0 Å². The Morgan fingerprint density at radius 1 is 1.00 bits per heavy atom. The Hall–Kier alpha value is -1.06. The largest absolute Gasteiger partial charge is 0.481 e. The van der Waals surface area contributed by atoms with Gasteiger partial charge in [0.2, 0.25) is 0 Å². The molecule has 4 nitrogen and oxygen atoms in total. The van der Waals surface area contributed by atoms with Gasteiger partial charge >= 0.3 is 11.9 Å². The lowest BCUT2D eigenvalue weighted by Crippen LogP contribution is -2.40. The number of carbonyl (C=O) groups is 2. The summed E-state index contributed by atoms with van der Waals surface area (Å²) in [5, 5.41) is 18.2. The van der Waals surface area contributed by atoms with Gasteiger partial charge in [0, 0.05) is 6.42 Å². The highest BCUT2D eigenvalue weighted by Crippen LogP contribution is 2.47. The summed E-state index contributed by atoms with van der Waals surface area (Å²) in [6.45, 7) is 0. The first-order chi connectivity index (χ1) is 8.09. The summed E-state index contributed by atoms with van der Waals surface area (Å²) in [6, 6.07) is 0. The van der Waals surface area contributed by atoms with Crippen LogP contribution in [0.2, 0.25) is 0 Å². The Morgan fingerprint density at radius 2 is 1.71 bits per heavy atom. The van der Waals surface area contributed by atoms with Gasteiger partial charge in [-0.3, -0.25) is 9.59 Å². The molecule has 0 aliphatic heterocycles. The minimum Gasteiger partial charge on any atom is -0.481 e. The average Bonchev–Trinajstić information content (AvgIpc) is 2.28. The van der Waals surface area contributed by atoms with Crippen LogP contribution in [0, 0.1) is 23.7 Å². The number of fused-ring (bicyclic) bond motifs is 1. The van der Waals surface area contributed by atoms with E-state index in [9.17, 15) is 14.7 Å². The normalized spacial score (nSPS) is 37.2. The zero-order valence-corrected chi connectivity index (χ0v) is 9.97. The highest BCUT2D eigenvalue weighted by Gasteiger charge is 2.43. The van der Waals surface area contributed by atoms with Crippen LogP contribution in [-0.4, -0.2) is 22.2 Å². The molecule has 2 rings (SSSR count). The maximum atomic E-state index is 11.2. The molecule has 0 spiro atoms. The molecule has 2 aliphatic carbocycles. The molecule has 4 heteroatoms. The van der Waals surface area contributed by atoms with Crippen LogP contribution in [0.4, 0.5) is 0 Å². The zero-order chi connectivity index (χ0) is 12.4. The van der Waals surface area contributed by atoms with E-state index in [1.54, 1.807) is 0 Å². The monoisotopic (exact) mass is 240 g/mol. The van der Waals surface area contributed by atoms with Gasteiger partial charge in [-0.25, -0.2) is 0 Å². The third kappa shape index (κ3) is 2.61. The third-order valence-electron chi connectivity index (χ3n) is 4.61. The first-order valence-electron chi connectivity index (χ1n) is 6.54. The fraction of sp³-hybridized carbons (Fsp3) is 0.846. The van der Waals surface area contributed by atoms with Gasteiger partial charge in [-0.15, -0.1) is 0 Å². The molecule has 0 saturated heterocycles. The second-order valence-corrected chi connectivity index (χ2v) is 5.49. The summed E-state index contributed by atoms with van der Waals surface area (Å²) in [5.41, 5.74) is 0. The van der Waals surface area contributed by atoms with Gasteiger partial charge in [-0.1, -0.05) is 19.3 Å². The number of rotatable bonds is 3. The van der Waals surface area contributed by atoms with E-state index in [0.717, 1.165) is 25.7 Å². The van der Waals surface area contributed by atoms with Crippen molar-refractivity contribution in [3.63, 3.8) is 0 Å². The SMILES string of the molecule is O=C(O)CC1C(C(=O)O)CCC2CCCCC21. The molecule has 17 heavy (non-hydrogen) atoms. The Bertz CT molecular complexity index is 313. The highest BCUT2D eigenvalue weighted by atomic mass is 16.4. The van der Waals surface area contributed by atoms with E-state index in [1.165, 1.54) is 6.42 Å². The molecule has 0 radical (unpaired) electrons. The van der Waals surface area contributed by atoms with Crippen LogP contribution < -0.4 is 0 Å². The van der Waals surface area contributed by atoms with E-state index in [2.05, 4.69) is 0 Å². The van der Waals surface area contributed by atoms with Crippen LogP contribution >= 0.6 is 0 Å². The maximum Gasteiger partial charge on any atom is 0.306 e. The predicted octanol–water partition coefficient (Wildman–Crippen LogP) is 2.38. The summed E-state index contributed by atoms with van der Waals surface area (Å²) in [7, 11) is 0. The van der Waals surface area contributed by atoms with Crippen LogP contribution in [0.1, 0.15) is 44.9 Å². The summed E-state index contributed by atoms with van der Waals surface area (Å²) in [6.07, 6.45) is 6.19. The van der Waals surface area contributed by atoms with Gasteiger partial charge in [0.25, 0.3) is 0 Å². The van der Waals surface area contributed by atoms with E-state index in [1.807, 2.05) is 0 Å².